The zero-order chi connectivity index (χ0) is 18.1. The smallest absolute Gasteiger partial charge is 0.329 e. The van der Waals surface area contributed by atoms with E-state index in [1.54, 1.807) is 48.5 Å². The Morgan fingerprint density at radius 3 is 2.27 bits per heavy atom. The summed E-state index contributed by atoms with van der Waals surface area (Å²) in [7, 11) is -4.04. The normalized spacial score (nSPS) is 15.8. The van der Waals surface area contributed by atoms with E-state index >= 15 is 0 Å². The van der Waals surface area contributed by atoms with E-state index in [9.17, 15) is 13.2 Å². The molecular formula is C19H16N2O4S. The van der Waals surface area contributed by atoms with Gasteiger partial charge in [0.25, 0.3) is 5.91 Å². The van der Waals surface area contributed by atoms with Gasteiger partial charge in [-0.25, -0.2) is 8.61 Å². The first-order valence-corrected chi connectivity index (χ1v) is 9.47. The van der Waals surface area contributed by atoms with Gasteiger partial charge in [0, 0.05) is 0 Å². The lowest BCUT2D eigenvalue weighted by Gasteiger charge is -2.36. The number of para-hydroxylation sites is 1. The summed E-state index contributed by atoms with van der Waals surface area (Å²) in [5.74, 6) is -0.0301. The molecule has 6 nitrogen and oxygen atoms in total. The molecule has 1 aromatic heterocycles. The molecule has 132 valence electrons. The number of carbonyl (C=O) groups excluding carboxylic acids is 1. The van der Waals surface area contributed by atoms with Crippen molar-refractivity contribution < 1.29 is 17.6 Å². The average molecular weight is 368 g/mol. The molecule has 2 aromatic carbocycles. The van der Waals surface area contributed by atoms with Crippen molar-refractivity contribution in [2.24, 2.45) is 0 Å². The van der Waals surface area contributed by atoms with E-state index in [0.29, 0.717) is 17.0 Å². The molecule has 0 spiro atoms. The molecule has 0 aliphatic carbocycles. The number of rotatable bonds is 4. The van der Waals surface area contributed by atoms with Crippen LogP contribution >= 0.6 is 0 Å². The summed E-state index contributed by atoms with van der Waals surface area (Å²) in [6, 6.07) is 19.2. The van der Waals surface area contributed by atoms with Gasteiger partial charge in [-0.1, -0.05) is 42.5 Å². The summed E-state index contributed by atoms with van der Waals surface area (Å²) in [6.45, 7) is -0.00406. The molecule has 7 heteroatoms. The van der Waals surface area contributed by atoms with Gasteiger partial charge in [0.1, 0.15) is 5.76 Å². The van der Waals surface area contributed by atoms with Gasteiger partial charge in [-0.15, -0.1) is 0 Å². The quantitative estimate of drug-likeness (QED) is 0.709. The van der Waals surface area contributed by atoms with E-state index in [0.717, 1.165) is 9.87 Å². The molecule has 0 fully saturated rings. The molecular weight excluding hydrogens is 352 g/mol. The van der Waals surface area contributed by atoms with Crippen LogP contribution in [0.25, 0.3) is 0 Å². The number of fused-ring (bicyclic) bond motifs is 1. The fourth-order valence-electron chi connectivity index (χ4n) is 2.97. The Kier molecular flexibility index (Phi) is 4.00. The van der Waals surface area contributed by atoms with Crippen LogP contribution in [-0.4, -0.2) is 18.6 Å². The van der Waals surface area contributed by atoms with Gasteiger partial charge in [-0.3, -0.25) is 4.79 Å². The topological polar surface area (TPSA) is 70.8 Å². The molecule has 0 bridgehead atoms. The second-order valence-electron chi connectivity index (χ2n) is 5.91. The molecule has 4 rings (SSSR count). The van der Waals surface area contributed by atoms with Crippen LogP contribution in [0.1, 0.15) is 21.7 Å². The maximum Gasteiger partial charge on any atom is 0.329 e. The maximum atomic E-state index is 13.2. The Bertz CT molecular complexity index is 1030. The fourth-order valence-corrected chi connectivity index (χ4v) is 4.52. The van der Waals surface area contributed by atoms with E-state index in [2.05, 4.69) is 0 Å². The minimum Gasteiger partial charge on any atom is -0.467 e. The number of benzene rings is 2. The number of furan rings is 1. The molecule has 26 heavy (non-hydrogen) atoms. The summed E-state index contributed by atoms with van der Waals surface area (Å²) in [6.07, 6.45) is 1.49. The SMILES string of the molecule is O=C1c2ccccc2N(Cc2ccco2)S(=O)(=O)N1Cc1ccccc1. The van der Waals surface area contributed by atoms with Gasteiger partial charge >= 0.3 is 10.2 Å². The lowest BCUT2D eigenvalue weighted by atomic mass is 10.1. The van der Waals surface area contributed by atoms with Crippen LogP contribution in [0.5, 0.6) is 0 Å². The van der Waals surface area contributed by atoms with Crippen LogP contribution in [-0.2, 0) is 23.3 Å². The van der Waals surface area contributed by atoms with Crippen molar-refractivity contribution in [1.82, 2.24) is 4.31 Å². The zero-order valence-electron chi connectivity index (χ0n) is 13.8. The summed E-state index contributed by atoms with van der Waals surface area (Å²) in [5.41, 5.74) is 1.45. The lowest BCUT2D eigenvalue weighted by molar-refractivity contribution is 0.0850. The first kappa shape index (κ1) is 16.4. The number of hydrogen-bond acceptors (Lipinski definition) is 4. The maximum absolute atomic E-state index is 13.2. The van der Waals surface area contributed by atoms with Crippen molar-refractivity contribution >= 4 is 21.8 Å². The number of nitrogens with zero attached hydrogens (tertiary/aromatic N) is 2. The number of anilines is 1. The van der Waals surface area contributed by atoms with Crippen LogP contribution < -0.4 is 4.31 Å². The molecule has 0 unspecified atom stereocenters. The van der Waals surface area contributed by atoms with E-state index in [-0.39, 0.29) is 13.1 Å². The number of carbonyl (C=O) groups is 1. The largest absolute Gasteiger partial charge is 0.467 e. The fraction of sp³-hybridized carbons (Fsp3) is 0.105. The van der Waals surface area contributed by atoms with Crippen molar-refractivity contribution in [1.29, 1.82) is 0 Å². The zero-order valence-corrected chi connectivity index (χ0v) is 14.6. The highest BCUT2D eigenvalue weighted by molar-refractivity contribution is 7.91. The Hall–Kier alpha value is -3.06. The number of amides is 1. The van der Waals surface area contributed by atoms with Gasteiger partial charge in [-0.2, -0.15) is 8.42 Å². The van der Waals surface area contributed by atoms with E-state index in [1.165, 1.54) is 10.6 Å². The Labute approximate surface area is 151 Å². The average Bonchev–Trinajstić information content (AvgIpc) is 3.17. The molecule has 3 aromatic rings. The van der Waals surface area contributed by atoms with Gasteiger partial charge in [0.05, 0.1) is 30.6 Å². The predicted molar refractivity (Wildman–Crippen MR) is 96.6 cm³/mol. The van der Waals surface area contributed by atoms with Crippen molar-refractivity contribution in [2.75, 3.05) is 4.31 Å². The molecule has 0 atom stereocenters. The highest BCUT2D eigenvalue weighted by Crippen LogP contribution is 2.34. The summed E-state index contributed by atoms with van der Waals surface area (Å²) in [4.78, 5) is 12.9. The van der Waals surface area contributed by atoms with Crippen LogP contribution in [0, 0.1) is 0 Å². The second kappa shape index (κ2) is 6.34. The molecule has 1 aliphatic heterocycles. The minimum absolute atomic E-state index is 0.0188. The third-order valence-corrected chi connectivity index (χ3v) is 5.97. The summed E-state index contributed by atoms with van der Waals surface area (Å²) < 4.78 is 33.9. The standard InChI is InChI=1S/C19H16N2O4S/c22-19-17-10-4-5-11-18(17)20(14-16-9-6-12-25-16)26(23,24)21(19)13-15-7-2-1-3-8-15/h1-12H,13-14H2. The van der Waals surface area contributed by atoms with Crippen molar-refractivity contribution in [3.63, 3.8) is 0 Å². The van der Waals surface area contributed by atoms with E-state index in [4.69, 9.17) is 4.42 Å². The Morgan fingerprint density at radius 2 is 1.54 bits per heavy atom. The van der Waals surface area contributed by atoms with Crippen LogP contribution in [0.3, 0.4) is 0 Å². The molecule has 0 N–H and O–H groups in total. The van der Waals surface area contributed by atoms with Gasteiger partial charge < -0.3 is 4.42 Å². The lowest BCUT2D eigenvalue weighted by Crippen LogP contribution is -2.50. The molecule has 1 amide bonds. The highest BCUT2D eigenvalue weighted by atomic mass is 32.2. The number of hydrogen-bond donors (Lipinski definition) is 0. The third-order valence-electron chi connectivity index (χ3n) is 4.24. The molecule has 2 heterocycles. The first-order valence-electron chi connectivity index (χ1n) is 8.07. The van der Waals surface area contributed by atoms with Gasteiger partial charge in [0.15, 0.2) is 0 Å². The van der Waals surface area contributed by atoms with Crippen molar-refractivity contribution in [3.8, 4) is 0 Å². The van der Waals surface area contributed by atoms with Crippen molar-refractivity contribution in [3.05, 3.63) is 89.9 Å². The Morgan fingerprint density at radius 1 is 0.808 bits per heavy atom. The molecule has 0 saturated carbocycles. The van der Waals surface area contributed by atoms with Gasteiger partial charge in [0.2, 0.25) is 0 Å². The predicted octanol–water partition coefficient (Wildman–Crippen LogP) is 3.19. The first-order chi connectivity index (χ1) is 12.6. The molecule has 0 saturated heterocycles. The minimum atomic E-state index is -4.04. The third kappa shape index (κ3) is 2.76. The molecule has 0 radical (unpaired) electrons. The van der Waals surface area contributed by atoms with Crippen molar-refractivity contribution in [2.45, 2.75) is 13.1 Å². The van der Waals surface area contributed by atoms with Crippen LogP contribution in [0.4, 0.5) is 5.69 Å². The highest BCUT2D eigenvalue weighted by Gasteiger charge is 2.41. The monoisotopic (exact) mass is 368 g/mol. The van der Waals surface area contributed by atoms with Gasteiger partial charge in [-0.05, 0) is 29.8 Å². The molecule has 1 aliphatic rings. The Balaban J connectivity index is 1.80. The van der Waals surface area contributed by atoms with Crippen LogP contribution in [0.2, 0.25) is 0 Å². The summed E-state index contributed by atoms with van der Waals surface area (Å²) in [5, 5.41) is 0. The van der Waals surface area contributed by atoms with E-state index < -0.39 is 16.1 Å². The summed E-state index contributed by atoms with van der Waals surface area (Å²) >= 11 is 0. The van der Waals surface area contributed by atoms with Crippen LogP contribution in [0.15, 0.2) is 77.4 Å². The van der Waals surface area contributed by atoms with E-state index in [1.807, 2.05) is 18.2 Å². The second-order valence-corrected chi connectivity index (χ2v) is 7.69.